The molecule has 0 aliphatic carbocycles. The molecule has 1 amide bonds. The van der Waals surface area contributed by atoms with E-state index < -0.39 is 11.5 Å². The smallest absolute Gasteiger partial charge is 0.261 e. The van der Waals surface area contributed by atoms with Crippen molar-refractivity contribution in [2.24, 2.45) is 0 Å². The lowest BCUT2D eigenvalue weighted by molar-refractivity contribution is 0.0938. The first-order valence-electron chi connectivity index (χ1n) is 8.92. The maximum Gasteiger partial charge on any atom is 0.261 e. The standard InChI is InChI=1S/C21H22N2O5/c1-4-27-18-10-7-14(12-19(18)26-3)13(2)22-20(24)15-8-9-16(23-21(15)25)17-6-5-11-28-17/h5-13H,4H2,1-3H3,(H,22,24)(H,23,25). The van der Waals surface area contributed by atoms with Crippen LogP contribution in [0.4, 0.5) is 0 Å². The third-order valence-corrected chi connectivity index (χ3v) is 4.28. The predicted octanol–water partition coefficient (Wildman–Crippen LogP) is 3.53. The second-order valence-electron chi connectivity index (χ2n) is 6.13. The fourth-order valence-electron chi connectivity index (χ4n) is 2.81. The highest BCUT2D eigenvalue weighted by Crippen LogP contribution is 2.30. The lowest BCUT2D eigenvalue weighted by Crippen LogP contribution is -2.31. The Morgan fingerprint density at radius 2 is 2.04 bits per heavy atom. The van der Waals surface area contributed by atoms with Crippen molar-refractivity contribution in [3.05, 3.63) is 70.2 Å². The van der Waals surface area contributed by atoms with Crippen LogP contribution in [0.25, 0.3) is 11.5 Å². The number of ether oxygens (including phenoxy) is 2. The van der Waals surface area contributed by atoms with Gasteiger partial charge in [0, 0.05) is 0 Å². The van der Waals surface area contributed by atoms with Gasteiger partial charge in [-0.2, -0.15) is 0 Å². The fourth-order valence-corrected chi connectivity index (χ4v) is 2.81. The minimum Gasteiger partial charge on any atom is -0.493 e. The summed E-state index contributed by atoms with van der Waals surface area (Å²) < 4.78 is 16.1. The summed E-state index contributed by atoms with van der Waals surface area (Å²) in [7, 11) is 1.56. The first-order valence-corrected chi connectivity index (χ1v) is 8.92. The summed E-state index contributed by atoms with van der Waals surface area (Å²) in [6.45, 7) is 4.25. The molecule has 2 aromatic heterocycles. The van der Waals surface area contributed by atoms with Gasteiger partial charge in [-0.3, -0.25) is 9.59 Å². The quantitative estimate of drug-likeness (QED) is 0.652. The molecule has 0 aliphatic heterocycles. The van der Waals surface area contributed by atoms with Crippen molar-refractivity contribution in [3.8, 4) is 23.0 Å². The lowest BCUT2D eigenvalue weighted by Gasteiger charge is -2.17. The third-order valence-electron chi connectivity index (χ3n) is 4.28. The average molecular weight is 382 g/mol. The number of benzene rings is 1. The number of furan rings is 1. The number of pyridine rings is 1. The zero-order valence-corrected chi connectivity index (χ0v) is 15.9. The van der Waals surface area contributed by atoms with Gasteiger partial charge in [0.25, 0.3) is 11.5 Å². The van der Waals surface area contributed by atoms with Crippen LogP contribution >= 0.6 is 0 Å². The Labute approximate surface area is 162 Å². The number of amides is 1. The van der Waals surface area contributed by atoms with Gasteiger partial charge >= 0.3 is 0 Å². The summed E-state index contributed by atoms with van der Waals surface area (Å²) in [5.74, 6) is 1.28. The summed E-state index contributed by atoms with van der Waals surface area (Å²) in [5.41, 5.74) is 0.885. The molecule has 7 nitrogen and oxygen atoms in total. The number of rotatable bonds is 7. The van der Waals surface area contributed by atoms with Gasteiger partial charge in [0.05, 0.1) is 31.7 Å². The molecular formula is C21H22N2O5. The molecule has 0 aliphatic rings. The third kappa shape index (κ3) is 4.09. The molecule has 0 bridgehead atoms. The molecule has 3 rings (SSSR count). The summed E-state index contributed by atoms with van der Waals surface area (Å²) in [6.07, 6.45) is 1.51. The molecule has 2 N–H and O–H groups in total. The number of aromatic amines is 1. The Morgan fingerprint density at radius 3 is 2.68 bits per heavy atom. The largest absolute Gasteiger partial charge is 0.493 e. The van der Waals surface area contributed by atoms with Crippen molar-refractivity contribution in [1.82, 2.24) is 10.3 Å². The van der Waals surface area contributed by atoms with Crippen molar-refractivity contribution in [3.63, 3.8) is 0 Å². The van der Waals surface area contributed by atoms with Crippen LogP contribution in [0.5, 0.6) is 11.5 Å². The van der Waals surface area contributed by atoms with Crippen LogP contribution in [0.2, 0.25) is 0 Å². The number of hydrogen-bond acceptors (Lipinski definition) is 5. The molecule has 1 atom stereocenters. The molecule has 0 spiro atoms. The van der Waals surface area contributed by atoms with E-state index in [-0.39, 0.29) is 11.6 Å². The SMILES string of the molecule is CCOc1ccc(C(C)NC(=O)c2ccc(-c3ccco3)[nH]c2=O)cc1OC. The van der Waals surface area contributed by atoms with Gasteiger partial charge in [0.1, 0.15) is 11.3 Å². The maximum absolute atomic E-state index is 12.6. The van der Waals surface area contributed by atoms with Crippen LogP contribution in [0.3, 0.4) is 0 Å². The number of carbonyl (C=O) groups is 1. The lowest BCUT2D eigenvalue weighted by atomic mass is 10.1. The highest BCUT2D eigenvalue weighted by Gasteiger charge is 2.17. The summed E-state index contributed by atoms with van der Waals surface area (Å²) in [4.78, 5) is 27.5. The van der Waals surface area contributed by atoms with Gasteiger partial charge in [0.15, 0.2) is 11.5 Å². The maximum atomic E-state index is 12.6. The van der Waals surface area contributed by atoms with Crippen molar-refractivity contribution in [2.75, 3.05) is 13.7 Å². The van der Waals surface area contributed by atoms with Gasteiger partial charge in [-0.25, -0.2) is 0 Å². The molecule has 28 heavy (non-hydrogen) atoms. The average Bonchev–Trinajstić information content (AvgIpc) is 3.23. The van der Waals surface area contributed by atoms with E-state index in [1.165, 1.54) is 12.3 Å². The number of methoxy groups -OCH3 is 1. The molecular weight excluding hydrogens is 360 g/mol. The van der Waals surface area contributed by atoms with Gasteiger partial charge in [-0.05, 0) is 55.8 Å². The molecule has 7 heteroatoms. The van der Waals surface area contributed by atoms with E-state index in [0.29, 0.717) is 29.6 Å². The number of nitrogens with one attached hydrogen (secondary N) is 2. The first kappa shape index (κ1) is 19.3. The van der Waals surface area contributed by atoms with E-state index in [2.05, 4.69) is 10.3 Å². The molecule has 3 aromatic rings. The van der Waals surface area contributed by atoms with Crippen LogP contribution in [0, 0.1) is 0 Å². The zero-order chi connectivity index (χ0) is 20.1. The minimum absolute atomic E-state index is 0.0278. The Bertz CT molecular complexity index is 1010. The van der Waals surface area contributed by atoms with Crippen molar-refractivity contribution >= 4 is 5.91 Å². The normalized spacial score (nSPS) is 11.7. The minimum atomic E-state index is -0.483. The molecule has 0 saturated carbocycles. The van der Waals surface area contributed by atoms with E-state index in [9.17, 15) is 9.59 Å². The molecule has 146 valence electrons. The van der Waals surface area contributed by atoms with Crippen LogP contribution < -0.4 is 20.3 Å². The Kier molecular flexibility index (Phi) is 5.84. The van der Waals surface area contributed by atoms with Crippen LogP contribution in [-0.4, -0.2) is 24.6 Å². The molecule has 0 saturated heterocycles. The number of H-pyrrole nitrogens is 1. The van der Waals surface area contributed by atoms with E-state index in [4.69, 9.17) is 13.9 Å². The molecule has 0 radical (unpaired) electrons. The highest BCUT2D eigenvalue weighted by atomic mass is 16.5. The molecule has 1 unspecified atom stereocenters. The summed E-state index contributed by atoms with van der Waals surface area (Å²) in [5, 5.41) is 2.83. The molecule has 2 heterocycles. The fraction of sp³-hybridized carbons (Fsp3) is 0.238. The summed E-state index contributed by atoms with van der Waals surface area (Å²) >= 11 is 0. The van der Waals surface area contributed by atoms with Crippen molar-refractivity contribution < 1.29 is 18.7 Å². The van der Waals surface area contributed by atoms with Crippen LogP contribution in [0.15, 0.2) is 57.9 Å². The van der Waals surface area contributed by atoms with E-state index in [1.807, 2.05) is 19.9 Å². The van der Waals surface area contributed by atoms with Gasteiger partial charge < -0.3 is 24.2 Å². The van der Waals surface area contributed by atoms with Gasteiger partial charge in [-0.1, -0.05) is 6.07 Å². The van der Waals surface area contributed by atoms with Crippen LogP contribution in [-0.2, 0) is 0 Å². The zero-order valence-electron chi connectivity index (χ0n) is 15.9. The highest BCUT2D eigenvalue weighted by molar-refractivity contribution is 5.94. The number of aromatic nitrogens is 1. The number of hydrogen-bond donors (Lipinski definition) is 2. The summed E-state index contributed by atoms with van der Waals surface area (Å²) in [6, 6.07) is 11.7. The van der Waals surface area contributed by atoms with Gasteiger partial charge in [-0.15, -0.1) is 0 Å². The van der Waals surface area contributed by atoms with Crippen molar-refractivity contribution in [1.29, 1.82) is 0 Å². The molecule has 1 aromatic carbocycles. The predicted molar refractivity (Wildman–Crippen MR) is 105 cm³/mol. The van der Waals surface area contributed by atoms with Gasteiger partial charge in [0.2, 0.25) is 0 Å². The monoisotopic (exact) mass is 382 g/mol. The second-order valence-corrected chi connectivity index (χ2v) is 6.13. The Balaban J connectivity index is 1.76. The number of carbonyl (C=O) groups excluding carboxylic acids is 1. The first-order chi connectivity index (χ1) is 13.5. The van der Waals surface area contributed by atoms with E-state index >= 15 is 0 Å². The van der Waals surface area contributed by atoms with E-state index in [1.54, 1.807) is 37.4 Å². The van der Waals surface area contributed by atoms with E-state index in [0.717, 1.165) is 5.56 Å². The van der Waals surface area contributed by atoms with Crippen LogP contribution in [0.1, 0.15) is 35.8 Å². The Hall–Kier alpha value is -3.48. The second kappa shape index (κ2) is 8.47. The topological polar surface area (TPSA) is 93.6 Å². The molecule has 0 fully saturated rings. The van der Waals surface area contributed by atoms with Crippen molar-refractivity contribution in [2.45, 2.75) is 19.9 Å². The Morgan fingerprint density at radius 1 is 1.21 bits per heavy atom.